The zero-order valence-corrected chi connectivity index (χ0v) is 11.3. The van der Waals surface area contributed by atoms with E-state index in [1.165, 1.54) is 0 Å². The molecule has 6 heteroatoms. The third-order valence-electron chi connectivity index (χ3n) is 2.82. The Labute approximate surface area is 112 Å². The Morgan fingerprint density at radius 2 is 2.00 bits per heavy atom. The lowest BCUT2D eigenvalue weighted by Crippen LogP contribution is -2.39. The SMILES string of the molecule is COc1c(C)ccc(NC(=O)C(N)CC(N)=O)c1C. The molecule has 2 amide bonds. The van der Waals surface area contributed by atoms with E-state index in [1.807, 2.05) is 19.9 Å². The Morgan fingerprint density at radius 1 is 1.37 bits per heavy atom. The number of ether oxygens (including phenoxy) is 1. The summed E-state index contributed by atoms with van der Waals surface area (Å²) in [5.41, 5.74) is 13.0. The number of hydrogen-bond acceptors (Lipinski definition) is 4. The first-order valence-corrected chi connectivity index (χ1v) is 5.85. The second-order valence-corrected chi connectivity index (χ2v) is 4.35. The quantitative estimate of drug-likeness (QED) is 0.718. The van der Waals surface area contributed by atoms with Gasteiger partial charge in [0.05, 0.1) is 19.6 Å². The third kappa shape index (κ3) is 3.69. The van der Waals surface area contributed by atoms with Gasteiger partial charge in [0.15, 0.2) is 0 Å². The maximum Gasteiger partial charge on any atom is 0.241 e. The molecule has 0 aliphatic heterocycles. The van der Waals surface area contributed by atoms with E-state index >= 15 is 0 Å². The predicted molar refractivity (Wildman–Crippen MR) is 72.9 cm³/mol. The van der Waals surface area contributed by atoms with Gasteiger partial charge in [-0.1, -0.05) is 6.07 Å². The van der Waals surface area contributed by atoms with Crippen molar-refractivity contribution in [2.75, 3.05) is 12.4 Å². The monoisotopic (exact) mass is 265 g/mol. The molecule has 5 N–H and O–H groups in total. The molecule has 19 heavy (non-hydrogen) atoms. The Morgan fingerprint density at radius 3 is 2.53 bits per heavy atom. The predicted octanol–water partition coefficient (Wildman–Crippen LogP) is 0.453. The van der Waals surface area contributed by atoms with Gasteiger partial charge in [0.25, 0.3) is 0 Å². The Hall–Kier alpha value is -2.08. The number of nitrogens with one attached hydrogen (secondary N) is 1. The number of rotatable bonds is 5. The fourth-order valence-corrected chi connectivity index (χ4v) is 1.81. The van der Waals surface area contributed by atoms with Crippen molar-refractivity contribution in [3.05, 3.63) is 23.3 Å². The number of primary amides is 1. The fraction of sp³-hybridized carbons (Fsp3) is 0.385. The largest absolute Gasteiger partial charge is 0.496 e. The van der Waals surface area contributed by atoms with Crippen LogP contribution in [0.5, 0.6) is 5.75 Å². The standard InChI is InChI=1S/C13H19N3O3/c1-7-4-5-10(8(2)12(7)19-3)16-13(18)9(14)6-11(15)17/h4-5,9H,6,14H2,1-3H3,(H2,15,17)(H,16,18). The number of nitrogens with two attached hydrogens (primary N) is 2. The number of amides is 2. The summed E-state index contributed by atoms with van der Waals surface area (Å²) in [6.45, 7) is 3.75. The van der Waals surface area contributed by atoms with E-state index in [4.69, 9.17) is 16.2 Å². The number of methoxy groups -OCH3 is 1. The number of anilines is 1. The van der Waals surface area contributed by atoms with Crippen LogP contribution in [0.2, 0.25) is 0 Å². The van der Waals surface area contributed by atoms with Gasteiger partial charge in [-0.3, -0.25) is 9.59 Å². The van der Waals surface area contributed by atoms with Crippen LogP contribution >= 0.6 is 0 Å². The van der Waals surface area contributed by atoms with Gasteiger partial charge in [-0.15, -0.1) is 0 Å². The Balaban J connectivity index is 2.88. The lowest BCUT2D eigenvalue weighted by atomic mass is 10.1. The highest BCUT2D eigenvalue weighted by molar-refractivity contribution is 5.98. The number of benzene rings is 1. The molecule has 1 atom stereocenters. The van der Waals surface area contributed by atoms with Crippen LogP contribution in [-0.2, 0) is 9.59 Å². The molecule has 0 bridgehead atoms. The molecule has 0 fully saturated rings. The van der Waals surface area contributed by atoms with Gasteiger partial charge >= 0.3 is 0 Å². The summed E-state index contributed by atoms with van der Waals surface area (Å²) in [6.07, 6.45) is -0.187. The lowest BCUT2D eigenvalue weighted by molar-refractivity contribution is -0.123. The molecule has 0 aliphatic carbocycles. The third-order valence-corrected chi connectivity index (χ3v) is 2.82. The maximum absolute atomic E-state index is 11.8. The van der Waals surface area contributed by atoms with Gasteiger partial charge in [-0.05, 0) is 25.5 Å². The number of carbonyl (C=O) groups excluding carboxylic acids is 2. The minimum atomic E-state index is -0.954. The van der Waals surface area contributed by atoms with Crippen molar-refractivity contribution in [1.82, 2.24) is 0 Å². The summed E-state index contributed by atoms with van der Waals surface area (Å²) >= 11 is 0. The van der Waals surface area contributed by atoms with Crippen molar-refractivity contribution in [2.24, 2.45) is 11.5 Å². The van der Waals surface area contributed by atoms with E-state index in [0.717, 1.165) is 11.1 Å². The molecule has 0 heterocycles. The Bertz CT molecular complexity index is 500. The van der Waals surface area contributed by atoms with Crippen molar-refractivity contribution in [3.8, 4) is 5.75 Å². The van der Waals surface area contributed by atoms with Gasteiger partial charge in [0.1, 0.15) is 5.75 Å². The van der Waals surface area contributed by atoms with Crippen LogP contribution in [-0.4, -0.2) is 25.0 Å². The first-order valence-electron chi connectivity index (χ1n) is 5.85. The summed E-state index contributed by atoms with van der Waals surface area (Å²) in [6, 6.07) is 2.65. The highest BCUT2D eigenvalue weighted by Gasteiger charge is 2.17. The summed E-state index contributed by atoms with van der Waals surface area (Å²) in [4.78, 5) is 22.5. The molecule has 0 radical (unpaired) electrons. The normalized spacial score (nSPS) is 11.8. The second-order valence-electron chi connectivity index (χ2n) is 4.35. The van der Waals surface area contributed by atoms with Crippen molar-refractivity contribution in [1.29, 1.82) is 0 Å². The number of carbonyl (C=O) groups is 2. The van der Waals surface area contributed by atoms with Gasteiger partial charge in [0, 0.05) is 11.3 Å². The van der Waals surface area contributed by atoms with Gasteiger partial charge < -0.3 is 21.5 Å². The van der Waals surface area contributed by atoms with E-state index in [0.29, 0.717) is 11.4 Å². The molecule has 104 valence electrons. The lowest BCUT2D eigenvalue weighted by Gasteiger charge is -2.16. The topological polar surface area (TPSA) is 107 Å². The first-order chi connectivity index (χ1) is 8.86. The average molecular weight is 265 g/mol. The smallest absolute Gasteiger partial charge is 0.241 e. The molecular weight excluding hydrogens is 246 g/mol. The van der Waals surface area contributed by atoms with E-state index in [1.54, 1.807) is 13.2 Å². The maximum atomic E-state index is 11.8. The number of hydrogen-bond donors (Lipinski definition) is 3. The van der Waals surface area contributed by atoms with Gasteiger partial charge in [0.2, 0.25) is 11.8 Å². The highest BCUT2D eigenvalue weighted by atomic mass is 16.5. The molecule has 0 spiro atoms. The van der Waals surface area contributed by atoms with Gasteiger partial charge in [-0.2, -0.15) is 0 Å². The molecule has 6 nitrogen and oxygen atoms in total. The minimum Gasteiger partial charge on any atom is -0.496 e. The van der Waals surface area contributed by atoms with Crippen LogP contribution in [0.3, 0.4) is 0 Å². The zero-order valence-electron chi connectivity index (χ0n) is 11.3. The molecule has 0 aromatic heterocycles. The van der Waals surface area contributed by atoms with E-state index in [2.05, 4.69) is 5.32 Å². The van der Waals surface area contributed by atoms with Crippen molar-refractivity contribution < 1.29 is 14.3 Å². The summed E-state index contributed by atoms with van der Waals surface area (Å²) in [7, 11) is 1.57. The first kappa shape index (κ1) is 15.0. The summed E-state index contributed by atoms with van der Waals surface area (Å²) in [5, 5.41) is 2.67. The van der Waals surface area contributed by atoms with Crippen molar-refractivity contribution >= 4 is 17.5 Å². The van der Waals surface area contributed by atoms with E-state index < -0.39 is 17.9 Å². The van der Waals surface area contributed by atoms with E-state index in [9.17, 15) is 9.59 Å². The van der Waals surface area contributed by atoms with Crippen LogP contribution in [0.15, 0.2) is 12.1 Å². The molecule has 1 aromatic carbocycles. The highest BCUT2D eigenvalue weighted by Crippen LogP contribution is 2.29. The number of aryl methyl sites for hydroxylation is 1. The molecular formula is C13H19N3O3. The summed E-state index contributed by atoms with van der Waals surface area (Å²) < 4.78 is 5.27. The van der Waals surface area contributed by atoms with Crippen LogP contribution in [0.25, 0.3) is 0 Å². The molecule has 0 saturated carbocycles. The minimum absolute atomic E-state index is 0.187. The van der Waals surface area contributed by atoms with Crippen LogP contribution in [0.1, 0.15) is 17.5 Å². The van der Waals surface area contributed by atoms with Crippen molar-refractivity contribution in [2.45, 2.75) is 26.3 Å². The van der Waals surface area contributed by atoms with Crippen LogP contribution < -0.4 is 21.5 Å². The average Bonchev–Trinajstić information content (AvgIpc) is 2.32. The summed E-state index contributed by atoms with van der Waals surface area (Å²) in [5.74, 6) is -0.352. The fourth-order valence-electron chi connectivity index (χ4n) is 1.81. The van der Waals surface area contributed by atoms with Crippen LogP contribution in [0.4, 0.5) is 5.69 Å². The molecule has 0 saturated heterocycles. The zero-order chi connectivity index (χ0) is 14.6. The second kappa shape index (κ2) is 6.19. The van der Waals surface area contributed by atoms with Crippen molar-refractivity contribution in [3.63, 3.8) is 0 Å². The Kier molecular flexibility index (Phi) is 4.88. The molecule has 1 aromatic rings. The molecule has 0 aliphatic rings. The van der Waals surface area contributed by atoms with Crippen LogP contribution in [0, 0.1) is 13.8 Å². The molecule has 1 unspecified atom stereocenters. The molecule has 1 rings (SSSR count). The van der Waals surface area contributed by atoms with Gasteiger partial charge in [-0.25, -0.2) is 0 Å². The van der Waals surface area contributed by atoms with E-state index in [-0.39, 0.29) is 6.42 Å².